The number of hydrogen-bond donors (Lipinski definition) is 1. The van der Waals surface area contributed by atoms with Gasteiger partial charge in [0.1, 0.15) is 11.4 Å². The molecule has 3 rings (SSSR count). The third kappa shape index (κ3) is 4.37. The molecule has 2 aromatic heterocycles. The Balaban J connectivity index is 1.57. The number of amides is 1. The number of carbonyl (C=O) groups excluding carboxylic acids is 1. The second kappa shape index (κ2) is 8.22. The van der Waals surface area contributed by atoms with Crippen molar-refractivity contribution in [2.75, 3.05) is 5.32 Å². The van der Waals surface area contributed by atoms with E-state index in [1.54, 1.807) is 30.9 Å². The van der Waals surface area contributed by atoms with Gasteiger partial charge in [-0.15, -0.1) is 0 Å². The molecule has 146 valence electrons. The lowest BCUT2D eigenvalue weighted by atomic mass is 10.2. The third-order valence-electron chi connectivity index (χ3n) is 4.28. The van der Waals surface area contributed by atoms with Crippen molar-refractivity contribution in [3.8, 4) is 0 Å². The quantitative estimate of drug-likeness (QED) is 0.481. The molecule has 1 aromatic carbocycles. The van der Waals surface area contributed by atoms with Crippen LogP contribution in [0.4, 0.5) is 11.4 Å². The number of nitrogens with zero attached hydrogens (tertiary/aromatic N) is 5. The molecule has 1 amide bonds. The molecule has 0 bridgehead atoms. The average Bonchev–Trinajstić information content (AvgIpc) is 3.18. The average molecular weight is 403 g/mol. The lowest BCUT2D eigenvalue weighted by molar-refractivity contribution is -0.386. The summed E-state index contributed by atoms with van der Waals surface area (Å²) in [5, 5.41) is 22.8. The Morgan fingerprint density at radius 3 is 2.75 bits per heavy atom. The second-order valence-electron chi connectivity index (χ2n) is 6.32. The van der Waals surface area contributed by atoms with Gasteiger partial charge < -0.3 is 5.32 Å². The van der Waals surface area contributed by atoms with Crippen LogP contribution in [0.25, 0.3) is 0 Å². The molecular weight excluding hydrogens is 384 g/mol. The van der Waals surface area contributed by atoms with E-state index in [1.807, 2.05) is 24.3 Å². The van der Waals surface area contributed by atoms with Gasteiger partial charge in [-0.25, -0.2) is 0 Å². The molecule has 0 radical (unpaired) electrons. The molecule has 0 unspecified atom stereocenters. The summed E-state index contributed by atoms with van der Waals surface area (Å²) in [5.74, 6) is -0.229. The Morgan fingerprint density at radius 2 is 2.07 bits per heavy atom. The monoisotopic (exact) mass is 402 g/mol. The van der Waals surface area contributed by atoms with E-state index < -0.39 is 4.92 Å². The predicted molar refractivity (Wildman–Crippen MR) is 104 cm³/mol. The van der Waals surface area contributed by atoms with Gasteiger partial charge >= 0.3 is 5.69 Å². The van der Waals surface area contributed by atoms with Gasteiger partial charge in [0.05, 0.1) is 29.9 Å². The summed E-state index contributed by atoms with van der Waals surface area (Å²) in [6.45, 7) is 3.94. The zero-order chi connectivity index (χ0) is 20.3. The number of aryl methyl sites for hydroxylation is 2. The van der Waals surface area contributed by atoms with E-state index in [2.05, 4.69) is 15.5 Å². The maximum absolute atomic E-state index is 12.2. The second-order valence-corrected chi connectivity index (χ2v) is 6.72. The van der Waals surface area contributed by atoms with Gasteiger partial charge in [0.15, 0.2) is 0 Å². The van der Waals surface area contributed by atoms with Crippen LogP contribution < -0.4 is 5.32 Å². The van der Waals surface area contributed by atoms with Crippen LogP contribution in [0.1, 0.15) is 23.4 Å². The van der Waals surface area contributed by atoms with Crippen molar-refractivity contribution in [1.82, 2.24) is 19.6 Å². The van der Waals surface area contributed by atoms with Crippen molar-refractivity contribution in [2.24, 2.45) is 0 Å². The van der Waals surface area contributed by atoms with E-state index in [9.17, 15) is 14.9 Å². The van der Waals surface area contributed by atoms with E-state index in [0.717, 1.165) is 5.56 Å². The van der Waals surface area contributed by atoms with Crippen LogP contribution in [0.15, 0.2) is 36.7 Å². The van der Waals surface area contributed by atoms with E-state index in [0.29, 0.717) is 28.6 Å². The maximum atomic E-state index is 12.2. The highest BCUT2D eigenvalue weighted by Crippen LogP contribution is 2.22. The smallest absolute Gasteiger partial charge is 0.312 e. The van der Waals surface area contributed by atoms with Crippen molar-refractivity contribution >= 4 is 28.9 Å². The minimum Gasteiger partial charge on any atom is -0.323 e. The van der Waals surface area contributed by atoms with Crippen molar-refractivity contribution in [3.05, 3.63) is 68.7 Å². The highest BCUT2D eigenvalue weighted by atomic mass is 35.5. The number of hydrogen-bond acceptors (Lipinski definition) is 5. The molecular formula is C18H19ClN6O3. The van der Waals surface area contributed by atoms with Crippen molar-refractivity contribution in [1.29, 1.82) is 0 Å². The van der Waals surface area contributed by atoms with Gasteiger partial charge in [-0.2, -0.15) is 10.2 Å². The zero-order valence-electron chi connectivity index (χ0n) is 15.4. The first-order valence-corrected chi connectivity index (χ1v) is 8.97. The highest BCUT2D eigenvalue weighted by Gasteiger charge is 2.21. The number of carbonyl (C=O) groups is 1. The summed E-state index contributed by atoms with van der Waals surface area (Å²) in [5.41, 5.74) is 2.25. The summed E-state index contributed by atoms with van der Waals surface area (Å²) >= 11 is 6.15. The van der Waals surface area contributed by atoms with Gasteiger partial charge in [-0.05, 0) is 25.5 Å². The summed E-state index contributed by atoms with van der Waals surface area (Å²) in [6.07, 6.45) is 3.41. The number of anilines is 1. The molecule has 28 heavy (non-hydrogen) atoms. The number of rotatable bonds is 7. The van der Waals surface area contributed by atoms with Crippen molar-refractivity contribution in [3.63, 3.8) is 0 Å². The minimum absolute atomic E-state index is 0.0127. The first-order chi connectivity index (χ1) is 13.3. The largest absolute Gasteiger partial charge is 0.323 e. The molecule has 0 spiro atoms. The lowest BCUT2D eigenvalue weighted by Crippen LogP contribution is -2.15. The molecule has 0 saturated carbocycles. The van der Waals surface area contributed by atoms with Gasteiger partial charge in [0.25, 0.3) is 0 Å². The fourth-order valence-electron chi connectivity index (χ4n) is 2.92. The van der Waals surface area contributed by atoms with Crippen molar-refractivity contribution < 1.29 is 9.72 Å². The fourth-order valence-corrected chi connectivity index (χ4v) is 3.11. The molecule has 0 aliphatic carbocycles. The standard InChI is InChI=1S/C18H19ClN6O3/c1-12-18(25(27)28)13(2)24(22-12)8-7-17(26)21-15-9-20-23(11-15)10-14-5-3-4-6-16(14)19/h3-6,9,11H,7-8,10H2,1-2H3,(H,21,26). The van der Waals surface area contributed by atoms with E-state index in [4.69, 9.17) is 11.6 Å². The van der Waals surface area contributed by atoms with E-state index in [1.165, 1.54) is 4.68 Å². The summed E-state index contributed by atoms with van der Waals surface area (Å²) in [7, 11) is 0. The predicted octanol–water partition coefficient (Wildman–Crippen LogP) is 3.34. The molecule has 3 aromatic rings. The van der Waals surface area contributed by atoms with Crippen molar-refractivity contribution in [2.45, 2.75) is 33.4 Å². The van der Waals surface area contributed by atoms with Crippen LogP contribution in [0.2, 0.25) is 5.02 Å². The normalized spacial score (nSPS) is 10.8. The maximum Gasteiger partial charge on any atom is 0.312 e. The number of nitrogens with one attached hydrogen (secondary N) is 1. The van der Waals surface area contributed by atoms with Gasteiger partial charge in [-0.3, -0.25) is 24.3 Å². The molecule has 0 atom stereocenters. The molecule has 10 heteroatoms. The van der Waals surface area contributed by atoms with Crippen LogP contribution in [-0.2, 0) is 17.9 Å². The van der Waals surface area contributed by atoms with Crippen LogP contribution in [0, 0.1) is 24.0 Å². The molecule has 1 N–H and O–H groups in total. The molecule has 9 nitrogen and oxygen atoms in total. The van der Waals surface area contributed by atoms with E-state index in [-0.39, 0.29) is 24.6 Å². The highest BCUT2D eigenvalue weighted by molar-refractivity contribution is 6.31. The zero-order valence-corrected chi connectivity index (χ0v) is 16.2. The molecule has 0 fully saturated rings. The Labute approximate surface area is 166 Å². The Morgan fingerprint density at radius 1 is 1.32 bits per heavy atom. The Bertz CT molecular complexity index is 1030. The molecule has 0 aliphatic rings. The molecule has 0 saturated heterocycles. The van der Waals surface area contributed by atoms with E-state index >= 15 is 0 Å². The minimum atomic E-state index is -0.457. The van der Waals surface area contributed by atoms with Gasteiger partial charge in [0, 0.05) is 17.6 Å². The van der Waals surface area contributed by atoms with Gasteiger partial charge in [-0.1, -0.05) is 29.8 Å². The summed E-state index contributed by atoms with van der Waals surface area (Å²) < 4.78 is 3.16. The summed E-state index contributed by atoms with van der Waals surface area (Å²) in [4.78, 5) is 22.8. The number of aromatic nitrogens is 4. The third-order valence-corrected chi connectivity index (χ3v) is 4.65. The van der Waals surface area contributed by atoms with Gasteiger partial charge in [0.2, 0.25) is 5.91 Å². The first-order valence-electron chi connectivity index (χ1n) is 8.59. The number of nitro groups is 1. The SMILES string of the molecule is Cc1nn(CCC(=O)Nc2cnn(Cc3ccccc3Cl)c2)c(C)c1[N+](=O)[O-]. The topological polar surface area (TPSA) is 108 Å². The van der Waals surface area contributed by atoms with Crippen LogP contribution >= 0.6 is 11.6 Å². The van der Waals surface area contributed by atoms with Crippen LogP contribution in [-0.4, -0.2) is 30.4 Å². The molecule has 2 heterocycles. The Kier molecular flexibility index (Phi) is 5.74. The van der Waals surface area contributed by atoms with Crippen LogP contribution in [0.3, 0.4) is 0 Å². The number of halogens is 1. The van der Waals surface area contributed by atoms with Crippen LogP contribution in [0.5, 0.6) is 0 Å². The number of benzene rings is 1. The summed E-state index contributed by atoms with van der Waals surface area (Å²) in [6, 6.07) is 7.48. The lowest BCUT2D eigenvalue weighted by Gasteiger charge is -2.05. The first kappa shape index (κ1) is 19.6. The molecule has 0 aliphatic heterocycles. The fraction of sp³-hybridized carbons (Fsp3) is 0.278. The Hall–Kier alpha value is -3.20.